The standard InChI is InChI=1S/C20H24ClN3O/c1-3-13-24(14-4-2)19-11-5-16(6-12-19)15-22-23-20(25)17-7-9-18(21)10-8-17/h5-12,15H,3-4,13-14H2,1-2H3,(H,23,25). The molecule has 0 radical (unpaired) electrons. The van der Waals surface area contributed by atoms with Gasteiger partial charge >= 0.3 is 0 Å². The van der Waals surface area contributed by atoms with E-state index in [1.165, 1.54) is 5.69 Å². The zero-order chi connectivity index (χ0) is 18.1. The van der Waals surface area contributed by atoms with Crippen molar-refractivity contribution < 1.29 is 4.79 Å². The van der Waals surface area contributed by atoms with Crippen molar-refractivity contribution in [3.8, 4) is 0 Å². The summed E-state index contributed by atoms with van der Waals surface area (Å²) in [6.45, 7) is 6.48. The molecule has 0 aliphatic carbocycles. The number of anilines is 1. The van der Waals surface area contributed by atoms with E-state index in [4.69, 9.17) is 11.6 Å². The summed E-state index contributed by atoms with van der Waals surface area (Å²) in [5.41, 5.74) is 5.19. The lowest BCUT2D eigenvalue weighted by Crippen LogP contribution is -2.24. The average Bonchev–Trinajstić information content (AvgIpc) is 2.62. The summed E-state index contributed by atoms with van der Waals surface area (Å²) >= 11 is 5.81. The summed E-state index contributed by atoms with van der Waals surface area (Å²) < 4.78 is 0. The molecule has 0 spiro atoms. The van der Waals surface area contributed by atoms with Gasteiger partial charge in [-0.05, 0) is 54.8 Å². The Morgan fingerprint density at radius 1 is 1.04 bits per heavy atom. The van der Waals surface area contributed by atoms with Crippen LogP contribution in [0.5, 0.6) is 0 Å². The van der Waals surface area contributed by atoms with Gasteiger partial charge in [-0.3, -0.25) is 4.79 Å². The van der Waals surface area contributed by atoms with Gasteiger partial charge in [0.15, 0.2) is 0 Å². The van der Waals surface area contributed by atoms with E-state index >= 15 is 0 Å². The van der Waals surface area contributed by atoms with Gasteiger partial charge in [-0.25, -0.2) is 5.43 Å². The van der Waals surface area contributed by atoms with E-state index in [1.807, 2.05) is 12.1 Å². The number of carbonyl (C=O) groups is 1. The van der Waals surface area contributed by atoms with Crippen LogP contribution in [0, 0.1) is 0 Å². The third-order valence-corrected chi connectivity index (χ3v) is 3.98. The normalized spacial score (nSPS) is 10.8. The second-order valence-corrected chi connectivity index (χ2v) is 6.22. The van der Waals surface area contributed by atoms with Crippen LogP contribution in [-0.2, 0) is 0 Å². The summed E-state index contributed by atoms with van der Waals surface area (Å²) in [7, 11) is 0. The predicted molar refractivity (Wildman–Crippen MR) is 106 cm³/mol. The minimum absolute atomic E-state index is 0.262. The lowest BCUT2D eigenvalue weighted by atomic mass is 10.2. The molecule has 2 aromatic rings. The second kappa shape index (κ2) is 9.84. The van der Waals surface area contributed by atoms with Gasteiger partial charge in [-0.2, -0.15) is 5.10 Å². The van der Waals surface area contributed by atoms with Crippen LogP contribution >= 0.6 is 11.6 Å². The summed E-state index contributed by atoms with van der Waals surface area (Å²) in [5.74, 6) is -0.262. The first-order chi connectivity index (χ1) is 12.1. The highest BCUT2D eigenvalue weighted by Crippen LogP contribution is 2.15. The molecule has 2 rings (SSSR count). The number of rotatable bonds is 8. The van der Waals surface area contributed by atoms with E-state index in [9.17, 15) is 4.79 Å². The lowest BCUT2D eigenvalue weighted by Gasteiger charge is -2.23. The number of carbonyl (C=O) groups excluding carboxylic acids is 1. The maximum Gasteiger partial charge on any atom is 0.271 e. The van der Waals surface area contributed by atoms with E-state index in [-0.39, 0.29) is 5.91 Å². The average molecular weight is 358 g/mol. The number of hydrogen-bond donors (Lipinski definition) is 1. The van der Waals surface area contributed by atoms with Gasteiger partial charge < -0.3 is 4.90 Å². The Bertz CT molecular complexity index is 690. The molecule has 132 valence electrons. The highest BCUT2D eigenvalue weighted by atomic mass is 35.5. The minimum atomic E-state index is -0.262. The number of hydrogen-bond acceptors (Lipinski definition) is 3. The largest absolute Gasteiger partial charge is 0.372 e. The molecular weight excluding hydrogens is 334 g/mol. The second-order valence-electron chi connectivity index (χ2n) is 5.78. The van der Waals surface area contributed by atoms with Gasteiger partial charge in [0.1, 0.15) is 0 Å². The molecular formula is C20H24ClN3O. The summed E-state index contributed by atoms with van der Waals surface area (Å²) in [5, 5.41) is 4.61. The first-order valence-electron chi connectivity index (χ1n) is 8.58. The third-order valence-electron chi connectivity index (χ3n) is 3.73. The molecule has 25 heavy (non-hydrogen) atoms. The first kappa shape index (κ1) is 19.0. The molecule has 5 heteroatoms. The van der Waals surface area contributed by atoms with Gasteiger partial charge in [0, 0.05) is 29.4 Å². The summed E-state index contributed by atoms with van der Waals surface area (Å²) in [4.78, 5) is 14.3. The van der Waals surface area contributed by atoms with Crippen LogP contribution in [0.15, 0.2) is 53.6 Å². The van der Waals surface area contributed by atoms with Gasteiger partial charge in [0.05, 0.1) is 6.21 Å². The van der Waals surface area contributed by atoms with E-state index < -0.39 is 0 Å². The van der Waals surface area contributed by atoms with Crippen LogP contribution in [-0.4, -0.2) is 25.2 Å². The molecule has 0 aliphatic rings. The van der Waals surface area contributed by atoms with Gasteiger partial charge in [0.2, 0.25) is 0 Å². The van der Waals surface area contributed by atoms with E-state index in [2.05, 4.69) is 41.4 Å². The first-order valence-corrected chi connectivity index (χ1v) is 8.95. The zero-order valence-electron chi connectivity index (χ0n) is 14.7. The maximum absolute atomic E-state index is 12.0. The predicted octanol–water partition coefficient (Wildman–Crippen LogP) is 4.73. The third kappa shape index (κ3) is 5.91. The minimum Gasteiger partial charge on any atom is -0.372 e. The maximum atomic E-state index is 12.0. The van der Waals surface area contributed by atoms with Crippen molar-refractivity contribution in [3.05, 3.63) is 64.7 Å². The quantitative estimate of drug-likeness (QED) is 0.548. The smallest absolute Gasteiger partial charge is 0.271 e. The number of nitrogens with one attached hydrogen (secondary N) is 1. The van der Waals surface area contributed by atoms with Crippen LogP contribution in [0.4, 0.5) is 5.69 Å². The van der Waals surface area contributed by atoms with E-state index in [0.717, 1.165) is 31.5 Å². The molecule has 1 amide bonds. The van der Waals surface area contributed by atoms with E-state index in [0.29, 0.717) is 10.6 Å². The molecule has 0 heterocycles. The Balaban J connectivity index is 1.94. The molecule has 0 atom stereocenters. The van der Waals surface area contributed by atoms with E-state index in [1.54, 1.807) is 30.5 Å². The Morgan fingerprint density at radius 2 is 1.64 bits per heavy atom. The fourth-order valence-electron chi connectivity index (χ4n) is 2.51. The van der Waals surface area contributed by atoms with Crippen LogP contribution in [0.2, 0.25) is 5.02 Å². The Kier molecular flexibility index (Phi) is 7.48. The van der Waals surface area contributed by atoms with Crippen molar-refractivity contribution in [1.82, 2.24) is 5.43 Å². The lowest BCUT2D eigenvalue weighted by molar-refractivity contribution is 0.0955. The van der Waals surface area contributed by atoms with Crippen molar-refractivity contribution >= 4 is 29.4 Å². The highest BCUT2D eigenvalue weighted by Gasteiger charge is 2.05. The molecule has 1 N–H and O–H groups in total. The SMILES string of the molecule is CCCN(CCC)c1ccc(C=NNC(=O)c2ccc(Cl)cc2)cc1. The van der Waals surface area contributed by atoms with Crippen LogP contribution in [0.25, 0.3) is 0 Å². The molecule has 0 bridgehead atoms. The van der Waals surface area contributed by atoms with Crippen molar-refractivity contribution in [3.63, 3.8) is 0 Å². The fraction of sp³-hybridized carbons (Fsp3) is 0.300. The summed E-state index contributed by atoms with van der Waals surface area (Å²) in [6.07, 6.45) is 3.89. The zero-order valence-corrected chi connectivity index (χ0v) is 15.5. The molecule has 4 nitrogen and oxygen atoms in total. The highest BCUT2D eigenvalue weighted by molar-refractivity contribution is 6.30. The van der Waals surface area contributed by atoms with Gasteiger partial charge in [-0.15, -0.1) is 0 Å². The van der Waals surface area contributed by atoms with Crippen molar-refractivity contribution in [1.29, 1.82) is 0 Å². The Hall–Kier alpha value is -2.33. The van der Waals surface area contributed by atoms with Crippen LogP contribution in [0.3, 0.4) is 0 Å². The molecule has 0 aromatic heterocycles. The molecule has 2 aromatic carbocycles. The molecule has 0 saturated heterocycles. The number of benzene rings is 2. The molecule has 0 aliphatic heterocycles. The number of hydrazone groups is 1. The van der Waals surface area contributed by atoms with Crippen molar-refractivity contribution in [2.24, 2.45) is 5.10 Å². The van der Waals surface area contributed by atoms with Crippen molar-refractivity contribution in [2.75, 3.05) is 18.0 Å². The summed E-state index contributed by atoms with van der Waals surface area (Å²) in [6, 6.07) is 14.9. The molecule has 0 unspecified atom stereocenters. The van der Waals surface area contributed by atoms with Crippen molar-refractivity contribution in [2.45, 2.75) is 26.7 Å². The topological polar surface area (TPSA) is 44.7 Å². The number of halogens is 1. The Morgan fingerprint density at radius 3 is 2.20 bits per heavy atom. The Labute approximate surface area is 154 Å². The molecule has 0 fully saturated rings. The number of nitrogens with zero attached hydrogens (tertiary/aromatic N) is 2. The monoisotopic (exact) mass is 357 g/mol. The van der Waals surface area contributed by atoms with Crippen LogP contribution < -0.4 is 10.3 Å². The molecule has 0 saturated carbocycles. The van der Waals surface area contributed by atoms with Crippen LogP contribution in [0.1, 0.15) is 42.6 Å². The number of amides is 1. The fourth-order valence-corrected chi connectivity index (χ4v) is 2.64. The van der Waals surface area contributed by atoms with Gasteiger partial charge in [-0.1, -0.05) is 37.6 Å². The van der Waals surface area contributed by atoms with Gasteiger partial charge in [0.25, 0.3) is 5.91 Å².